The Labute approximate surface area is 104 Å². The van der Waals surface area contributed by atoms with Crippen molar-refractivity contribution in [3.8, 4) is 0 Å². The van der Waals surface area contributed by atoms with Gasteiger partial charge in [0, 0.05) is 31.2 Å². The molecule has 0 bridgehead atoms. The van der Waals surface area contributed by atoms with E-state index in [1.165, 1.54) is 18.4 Å². The summed E-state index contributed by atoms with van der Waals surface area (Å²) >= 11 is 0. The first-order valence-corrected chi connectivity index (χ1v) is 6.55. The van der Waals surface area contributed by atoms with Crippen LogP contribution in [0.4, 0.5) is 0 Å². The fourth-order valence-corrected chi connectivity index (χ4v) is 2.63. The first-order chi connectivity index (χ1) is 8.24. The van der Waals surface area contributed by atoms with Crippen LogP contribution in [0.5, 0.6) is 0 Å². The zero-order chi connectivity index (χ0) is 12.3. The van der Waals surface area contributed by atoms with Crippen LogP contribution in [0.25, 0.3) is 0 Å². The lowest BCUT2D eigenvalue weighted by Gasteiger charge is -2.30. The topological polar surface area (TPSA) is 32.3 Å². The van der Waals surface area contributed by atoms with Crippen LogP contribution in [-0.4, -0.2) is 36.5 Å². The van der Waals surface area contributed by atoms with Crippen LogP contribution >= 0.6 is 0 Å². The van der Waals surface area contributed by atoms with E-state index in [0.29, 0.717) is 12.6 Å². The van der Waals surface area contributed by atoms with Crippen LogP contribution in [0, 0.1) is 0 Å². The highest BCUT2D eigenvalue weighted by Crippen LogP contribution is 2.25. The lowest BCUT2D eigenvalue weighted by Crippen LogP contribution is -2.42. The Balaban J connectivity index is 2.09. The van der Waals surface area contributed by atoms with Gasteiger partial charge in [-0.3, -0.25) is 4.79 Å². The molecular formula is C14H22N2O. The van der Waals surface area contributed by atoms with Crippen molar-refractivity contribution in [1.29, 1.82) is 0 Å². The highest BCUT2D eigenvalue weighted by Gasteiger charge is 2.28. The normalized spacial score (nSPS) is 19.9. The molecule has 1 aliphatic carbocycles. The van der Waals surface area contributed by atoms with Crippen LogP contribution in [0.15, 0.2) is 23.8 Å². The first-order valence-electron chi connectivity index (χ1n) is 6.55. The molecule has 2 rings (SSSR count). The molecule has 2 fully saturated rings. The van der Waals surface area contributed by atoms with Crippen molar-refractivity contribution in [3.63, 3.8) is 0 Å². The molecule has 17 heavy (non-hydrogen) atoms. The lowest BCUT2D eigenvalue weighted by atomic mass is 10.0. The van der Waals surface area contributed by atoms with Crippen LogP contribution in [0.2, 0.25) is 0 Å². The molecule has 0 atom stereocenters. The van der Waals surface area contributed by atoms with Crippen molar-refractivity contribution in [1.82, 2.24) is 10.2 Å². The number of rotatable bonds is 4. The maximum absolute atomic E-state index is 12.4. The number of nitrogens with zero attached hydrogens (tertiary/aromatic N) is 1. The van der Waals surface area contributed by atoms with Gasteiger partial charge in [-0.1, -0.05) is 18.9 Å². The van der Waals surface area contributed by atoms with E-state index in [1.807, 2.05) is 17.9 Å². The van der Waals surface area contributed by atoms with Crippen molar-refractivity contribution in [2.24, 2.45) is 0 Å². The minimum atomic E-state index is 0.216. The monoisotopic (exact) mass is 234 g/mol. The summed E-state index contributed by atoms with van der Waals surface area (Å²) in [6.45, 7) is 8.17. The smallest absolute Gasteiger partial charge is 0.250 e. The van der Waals surface area contributed by atoms with E-state index >= 15 is 0 Å². The van der Waals surface area contributed by atoms with E-state index in [2.05, 4.69) is 11.9 Å². The molecule has 94 valence electrons. The van der Waals surface area contributed by atoms with Crippen molar-refractivity contribution in [2.45, 2.75) is 38.6 Å². The van der Waals surface area contributed by atoms with Crippen LogP contribution < -0.4 is 5.32 Å². The second-order valence-electron chi connectivity index (χ2n) is 5.02. The van der Waals surface area contributed by atoms with Gasteiger partial charge in [-0.2, -0.15) is 0 Å². The lowest BCUT2D eigenvalue weighted by molar-refractivity contribution is -0.128. The Morgan fingerprint density at radius 3 is 2.59 bits per heavy atom. The number of hydrogen-bond acceptors (Lipinski definition) is 2. The molecule has 3 nitrogen and oxygen atoms in total. The van der Waals surface area contributed by atoms with Crippen LogP contribution in [0.1, 0.15) is 32.6 Å². The summed E-state index contributed by atoms with van der Waals surface area (Å²) in [5.74, 6) is 0.216. The summed E-state index contributed by atoms with van der Waals surface area (Å²) in [5, 5.41) is 3.19. The van der Waals surface area contributed by atoms with Crippen molar-refractivity contribution < 1.29 is 4.79 Å². The Bertz CT molecular complexity index is 334. The van der Waals surface area contributed by atoms with Crippen molar-refractivity contribution in [3.05, 3.63) is 23.8 Å². The number of carbonyl (C=O) groups is 1. The quantitative estimate of drug-likeness (QED) is 0.595. The molecule has 0 aromatic rings. The van der Waals surface area contributed by atoms with Gasteiger partial charge in [0.05, 0.1) is 0 Å². The molecule has 3 heteroatoms. The summed E-state index contributed by atoms with van der Waals surface area (Å²) in [7, 11) is 0. The zero-order valence-corrected chi connectivity index (χ0v) is 10.7. The minimum Gasteiger partial charge on any atom is -0.332 e. The molecule has 1 aliphatic heterocycles. The maximum atomic E-state index is 12.4. The number of amides is 1. The molecule has 0 aromatic carbocycles. The highest BCUT2D eigenvalue weighted by atomic mass is 16.2. The molecule has 1 saturated heterocycles. The van der Waals surface area contributed by atoms with Gasteiger partial charge in [0.2, 0.25) is 5.91 Å². The Hall–Kier alpha value is -1.09. The number of nitrogens with one attached hydrogen (secondary N) is 1. The summed E-state index contributed by atoms with van der Waals surface area (Å²) in [4.78, 5) is 14.5. The van der Waals surface area contributed by atoms with E-state index in [0.717, 1.165) is 31.5 Å². The molecule has 0 spiro atoms. The van der Waals surface area contributed by atoms with Gasteiger partial charge >= 0.3 is 0 Å². The van der Waals surface area contributed by atoms with Crippen molar-refractivity contribution >= 4 is 5.91 Å². The second kappa shape index (κ2) is 5.50. The maximum Gasteiger partial charge on any atom is 0.250 e. The third kappa shape index (κ3) is 2.60. The summed E-state index contributed by atoms with van der Waals surface area (Å²) in [5.41, 5.74) is 2.21. The molecule has 1 amide bonds. The fraction of sp³-hybridized carbons (Fsp3) is 0.643. The standard InChI is InChI=1S/C14H22N2O/c1-3-8-16(13-6-4-5-7-13)14(17)11(2)12-9-15-10-12/h3,13,15H,1,4-10H2,2H3. The Morgan fingerprint density at radius 1 is 1.47 bits per heavy atom. The second-order valence-corrected chi connectivity index (χ2v) is 5.02. The van der Waals surface area contributed by atoms with E-state index in [4.69, 9.17) is 0 Å². The van der Waals surface area contributed by atoms with Gasteiger partial charge in [-0.25, -0.2) is 0 Å². The number of carbonyl (C=O) groups excluding carboxylic acids is 1. The molecule has 1 heterocycles. The van der Waals surface area contributed by atoms with Gasteiger partial charge in [0.1, 0.15) is 0 Å². The van der Waals surface area contributed by atoms with E-state index in [-0.39, 0.29) is 5.91 Å². The van der Waals surface area contributed by atoms with E-state index in [9.17, 15) is 4.79 Å². The molecule has 2 aliphatic rings. The van der Waals surface area contributed by atoms with Gasteiger partial charge in [-0.15, -0.1) is 6.58 Å². The predicted molar refractivity (Wildman–Crippen MR) is 69.7 cm³/mol. The average molecular weight is 234 g/mol. The third-order valence-electron chi connectivity index (χ3n) is 3.88. The first kappa shape index (κ1) is 12.4. The number of hydrogen-bond donors (Lipinski definition) is 1. The molecule has 0 aromatic heterocycles. The van der Waals surface area contributed by atoms with Crippen LogP contribution in [0.3, 0.4) is 0 Å². The van der Waals surface area contributed by atoms with E-state index in [1.54, 1.807) is 0 Å². The SMILES string of the molecule is C=CCN(C(=O)C(C)=C1CNC1)C1CCCC1. The van der Waals surface area contributed by atoms with Gasteiger partial charge in [0.25, 0.3) is 0 Å². The third-order valence-corrected chi connectivity index (χ3v) is 3.88. The molecule has 1 saturated carbocycles. The highest BCUT2D eigenvalue weighted by molar-refractivity contribution is 5.94. The summed E-state index contributed by atoms with van der Waals surface area (Å²) in [6.07, 6.45) is 6.65. The summed E-state index contributed by atoms with van der Waals surface area (Å²) < 4.78 is 0. The van der Waals surface area contributed by atoms with Gasteiger partial charge in [0.15, 0.2) is 0 Å². The molecule has 0 radical (unpaired) electrons. The molecule has 1 N–H and O–H groups in total. The average Bonchev–Trinajstić information content (AvgIpc) is 2.75. The van der Waals surface area contributed by atoms with E-state index < -0.39 is 0 Å². The van der Waals surface area contributed by atoms with Crippen LogP contribution in [-0.2, 0) is 4.79 Å². The minimum absolute atomic E-state index is 0.216. The summed E-state index contributed by atoms with van der Waals surface area (Å²) in [6, 6.07) is 0.434. The molecule has 0 unspecified atom stereocenters. The van der Waals surface area contributed by atoms with Gasteiger partial charge in [-0.05, 0) is 25.3 Å². The largest absolute Gasteiger partial charge is 0.332 e. The Morgan fingerprint density at radius 2 is 2.12 bits per heavy atom. The van der Waals surface area contributed by atoms with Gasteiger partial charge < -0.3 is 10.2 Å². The Kier molecular flexibility index (Phi) is 4.00. The molecular weight excluding hydrogens is 212 g/mol. The van der Waals surface area contributed by atoms with Crippen molar-refractivity contribution in [2.75, 3.05) is 19.6 Å². The predicted octanol–water partition coefficient (Wildman–Crippen LogP) is 1.86. The fourth-order valence-electron chi connectivity index (χ4n) is 2.63. The zero-order valence-electron chi connectivity index (χ0n) is 10.7.